The number of nitrogens with one attached hydrogen (secondary N) is 2. The lowest BCUT2D eigenvalue weighted by Gasteiger charge is -2.34. The van der Waals surface area contributed by atoms with E-state index in [0.29, 0.717) is 32.0 Å². The van der Waals surface area contributed by atoms with E-state index >= 15 is 0 Å². The van der Waals surface area contributed by atoms with Crippen molar-refractivity contribution >= 4 is 23.4 Å². The summed E-state index contributed by atoms with van der Waals surface area (Å²) >= 11 is 0. The van der Waals surface area contributed by atoms with Crippen LogP contribution in [0.5, 0.6) is 0 Å². The number of halogens is 3. The summed E-state index contributed by atoms with van der Waals surface area (Å²) in [5.74, 6) is -6.33. The van der Waals surface area contributed by atoms with E-state index in [1.807, 2.05) is 4.90 Å². The van der Waals surface area contributed by atoms with Crippen LogP contribution in [-0.4, -0.2) is 48.3 Å². The molecule has 1 saturated heterocycles. The number of carbonyl (C=O) groups excluding carboxylic acids is 3. The van der Waals surface area contributed by atoms with Gasteiger partial charge in [-0.3, -0.25) is 19.3 Å². The molecule has 1 aromatic carbocycles. The number of hydrogen-bond acceptors (Lipinski definition) is 4. The van der Waals surface area contributed by atoms with Gasteiger partial charge in [0.05, 0.1) is 18.3 Å². The molecule has 1 aromatic rings. The van der Waals surface area contributed by atoms with Gasteiger partial charge in [0.2, 0.25) is 17.7 Å². The van der Waals surface area contributed by atoms with Gasteiger partial charge in [-0.15, -0.1) is 0 Å². The molecule has 1 aliphatic heterocycles. The Balaban J connectivity index is 1.82. The molecule has 0 aliphatic carbocycles. The molecule has 3 amide bonds. The Kier molecular flexibility index (Phi) is 6.78. The van der Waals surface area contributed by atoms with Crippen LogP contribution in [-0.2, 0) is 14.4 Å². The maximum absolute atomic E-state index is 13.5. The Bertz CT molecular complexity index is 736. The number of amides is 3. The number of piperidine rings is 1. The Morgan fingerprint density at radius 3 is 2.41 bits per heavy atom. The molecule has 148 valence electrons. The summed E-state index contributed by atoms with van der Waals surface area (Å²) in [5, 5.41) is 4.47. The van der Waals surface area contributed by atoms with E-state index in [9.17, 15) is 27.6 Å². The van der Waals surface area contributed by atoms with Gasteiger partial charge in [0.15, 0.2) is 17.5 Å². The summed E-state index contributed by atoms with van der Waals surface area (Å²) in [5.41, 5.74) is 4.75. The lowest BCUT2D eigenvalue weighted by atomic mass is 9.95. The summed E-state index contributed by atoms with van der Waals surface area (Å²) in [4.78, 5) is 37.0. The highest BCUT2D eigenvalue weighted by Crippen LogP contribution is 2.20. The molecule has 7 nitrogen and oxygen atoms in total. The topological polar surface area (TPSA) is 105 Å². The van der Waals surface area contributed by atoms with Crippen LogP contribution in [0.4, 0.5) is 18.9 Å². The summed E-state index contributed by atoms with van der Waals surface area (Å²) in [6, 6.07) is 1.04. The number of primary amides is 1. The molecule has 1 unspecified atom stereocenters. The predicted molar refractivity (Wildman–Crippen MR) is 90.9 cm³/mol. The second-order valence-corrected chi connectivity index (χ2v) is 6.38. The molecule has 1 fully saturated rings. The molecule has 4 N–H and O–H groups in total. The lowest BCUT2D eigenvalue weighted by molar-refractivity contribution is -0.129. The molecular weight excluding hydrogens is 365 g/mol. The van der Waals surface area contributed by atoms with Gasteiger partial charge >= 0.3 is 0 Å². The number of nitrogens with zero attached hydrogens (tertiary/aromatic N) is 1. The molecule has 2 rings (SSSR count). The molecule has 0 spiro atoms. The average molecular weight is 386 g/mol. The lowest BCUT2D eigenvalue weighted by Crippen LogP contribution is -2.50. The van der Waals surface area contributed by atoms with Gasteiger partial charge in [-0.1, -0.05) is 0 Å². The maximum Gasteiger partial charge on any atom is 0.243 e. The Hall–Kier alpha value is -2.62. The summed E-state index contributed by atoms with van der Waals surface area (Å²) in [6.07, 6.45) is 1.12. The highest BCUT2D eigenvalue weighted by molar-refractivity contribution is 5.95. The minimum absolute atomic E-state index is 0.201. The van der Waals surface area contributed by atoms with Gasteiger partial charge < -0.3 is 16.4 Å². The Labute approximate surface area is 154 Å². The van der Waals surface area contributed by atoms with Crippen molar-refractivity contribution in [2.75, 3.05) is 25.0 Å². The number of carbonyl (C=O) groups is 3. The average Bonchev–Trinajstić information content (AvgIpc) is 2.66. The number of likely N-dealkylation sites (tertiary alicyclic amines) is 1. The highest BCUT2D eigenvalue weighted by Gasteiger charge is 2.28. The van der Waals surface area contributed by atoms with Crippen molar-refractivity contribution in [1.29, 1.82) is 0 Å². The molecular formula is C17H21F3N4O3. The molecule has 0 saturated carbocycles. The zero-order valence-electron chi connectivity index (χ0n) is 14.7. The van der Waals surface area contributed by atoms with E-state index in [4.69, 9.17) is 5.73 Å². The van der Waals surface area contributed by atoms with Crippen LogP contribution < -0.4 is 16.4 Å². The largest absolute Gasteiger partial charge is 0.369 e. The van der Waals surface area contributed by atoms with E-state index in [0.717, 1.165) is 6.07 Å². The standard InChI is InChI=1S/C17H21F3N4O3/c1-9(24-6-4-10(5-7-24)16(21)26)17(27)22-8-13(25)23-12-3-2-11(18)14(19)15(12)20/h2-3,9-10H,4-8H2,1H3,(H2,21,26)(H,22,27)(H,23,25). The smallest absolute Gasteiger partial charge is 0.243 e. The van der Waals surface area contributed by atoms with Crippen LogP contribution in [0, 0.1) is 23.4 Å². The van der Waals surface area contributed by atoms with Crippen LogP contribution in [0.2, 0.25) is 0 Å². The van der Waals surface area contributed by atoms with Crippen molar-refractivity contribution in [2.24, 2.45) is 11.7 Å². The van der Waals surface area contributed by atoms with Gasteiger partial charge in [0.25, 0.3) is 0 Å². The number of anilines is 1. The van der Waals surface area contributed by atoms with Gasteiger partial charge in [-0.05, 0) is 45.0 Å². The third-order valence-electron chi connectivity index (χ3n) is 4.59. The van der Waals surface area contributed by atoms with Crippen molar-refractivity contribution < 1.29 is 27.6 Å². The SMILES string of the molecule is CC(C(=O)NCC(=O)Nc1ccc(F)c(F)c1F)N1CCC(C(N)=O)CC1. The zero-order valence-corrected chi connectivity index (χ0v) is 14.7. The van der Waals surface area contributed by atoms with Crippen molar-refractivity contribution in [3.63, 3.8) is 0 Å². The summed E-state index contributed by atoms with van der Waals surface area (Å²) < 4.78 is 39.5. The first-order valence-corrected chi connectivity index (χ1v) is 8.45. The van der Waals surface area contributed by atoms with Crippen LogP contribution in [0.3, 0.4) is 0 Å². The Morgan fingerprint density at radius 1 is 1.19 bits per heavy atom. The third kappa shape index (κ3) is 5.19. The van der Waals surface area contributed by atoms with Crippen LogP contribution >= 0.6 is 0 Å². The second kappa shape index (κ2) is 8.85. The van der Waals surface area contributed by atoms with Gasteiger partial charge in [0.1, 0.15) is 0 Å². The number of benzene rings is 1. The molecule has 10 heteroatoms. The van der Waals surface area contributed by atoms with E-state index in [1.165, 1.54) is 0 Å². The summed E-state index contributed by atoms with van der Waals surface area (Å²) in [6.45, 7) is 2.25. The predicted octanol–water partition coefficient (Wildman–Crippen LogP) is 0.744. The van der Waals surface area contributed by atoms with Crippen LogP contribution in [0.1, 0.15) is 19.8 Å². The molecule has 27 heavy (non-hydrogen) atoms. The molecule has 1 heterocycles. The second-order valence-electron chi connectivity index (χ2n) is 6.38. The first-order chi connectivity index (χ1) is 12.7. The van der Waals surface area contributed by atoms with Gasteiger partial charge in [-0.2, -0.15) is 0 Å². The first-order valence-electron chi connectivity index (χ1n) is 8.45. The highest BCUT2D eigenvalue weighted by atomic mass is 19.2. The number of nitrogens with two attached hydrogens (primary N) is 1. The fraction of sp³-hybridized carbons (Fsp3) is 0.471. The van der Waals surface area contributed by atoms with Crippen LogP contribution in [0.15, 0.2) is 12.1 Å². The molecule has 0 radical (unpaired) electrons. The van der Waals surface area contributed by atoms with Gasteiger partial charge in [0, 0.05) is 5.92 Å². The fourth-order valence-electron chi connectivity index (χ4n) is 2.87. The van der Waals surface area contributed by atoms with E-state index < -0.39 is 47.5 Å². The quantitative estimate of drug-likeness (QED) is 0.628. The minimum Gasteiger partial charge on any atom is -0.369 e. The molecule has 1 atom stereocenters. The van der Waals surface area contributed by atoms with Crippen molar-refractivity contribution in [3.8, 4) is 0 Å². The fourth-order valence-corrected chi connectivity index (χ4v) is 2.87. The first kappa shape index (κ1) is 20.7. The molecule has 0 bridgehead atoms. The third-order valence-corrected chi connectivity index (χ3v) is 4.59. The van der Waals surface area contributed by atoms with Crippen LogP contribution in [0.25, 0.3) is 0 Å². The molecule has 1 aliphatic rings. The summed E-state index contributed by atoms with van der Waals surface area (Å²) in [7, 11) is 0. The van der Waals surface area contributed by atoms with E-state index in [-0.39, 0.29) is 11.8 Å². The van der Waals surface area contributed by atoms with E-state index in [1.54, 1.807) is 6.92 Å². The number of rotatable bonds is 6. The van der Waals surface area contributed by atoms with Crippen molar-refractivity contribution in [1.82, 2.24) is 10.2 Å². The van der Waals surface area contributed by atoms with Crippen molar-refractivity contribution in [3.05, 3.63) is 29.6 Å². The minimum atomic E-state index is -1.69. The normalized spacial score (nSPS) is 16.6. The monoisotopic (exact) mass is 386 g/mol. The van der Waals surface area contributed by atoms with E-state index in [2.05, 4.69) is 10.6 Å². The molecule has 0 aromatic heterocycles. The van der Waals surface area contributed by atoms with Gasteiger partial charge in [-0.25, -0.2) is 13.2 Å². The zero-order chi connectivity index (χ0) is 20.1. The number of hydrogen-bond donors (Lipinski definition) is 3. The Morgan fingerprint density at radius 2 is 1.81 bits per heavy atom. The maximum atomic E-state index is 13.5. The van der Waals surface area contributed by atoms with Crippen molar-refractivity contribution in [2.45, 2.75) is 25.8 Å².